The first kappa shape index (κ1) is 10.3. The van der Waals surface area contributed by atoms with Gasteiger partial charge in [0.1, 0.15) is 6.10 Å². The molecule has 0 saturated heterocycles. The zero-order chi connectivity index (χ0) is 8.36. The van der Waals surface area contributed by atoms with Gasteiger partial charge in [-0.05, 0) is 0 Å². The van der Waals surface area contributed by atoms with E-state index in [0.29, 0.717) is 0 Å². The molecule has 0 aliphatic rings. The number of halogens is 3. The van der Waals surface area contributed by atoms with Gasteiger partial charge in [-0.3, -0.25) is 5.41 Å². The van der Waals surface area contributed by atoms with Crippen LogP contribution in [-0.4, -0.2) is 20.8 Å². The second-order valence-electron chi connectivity index (χ2n) is 1.79. The van der Waals surface area contributed by atoms with Crippen LogP contribution in [0, 0.1) is 5.41 Å². The zero-order valence-electron chi connectivity index (χ0n) is 4.94. The van der Waals surface area contributed by atoms with Crippen molar-refractivity contribution in [3.05, 3.63) is 0 Å². The van der Waals surface area contributed by atoms with Gasteiger partial charge < -0.3 is 10.8 Å². The van der Waals surface area contributed by atoms with E-state index in [9.17, 15) is 0 Å². The second-order valence-corrected chi connectivity index (χ2v) is 4.16. The first-order valence-electron chi connectivity index (χ1n) is 2.41. The summed E-state index contributed by atoms with van der Waals surface area (Å²) in [6.45, 7) is 0. The molecule has 60 valence electrons. The highest BCUT2D eigenvalue weighted by molar-refractivity contribution is 6.68. The van der Waals surface area contributed by atoms with E-state index in [1.807, 2.05) is 0 Å². The van der Waals surface area contributed by atoms with E-state index in [1.165, 1.54) is 0 Å². The molecule has 0 rings (SSSR count). The third-order valence-corrected chi connectivity index (χ3v) is 1.55. The topological polar surface area (TPSA) is 70.1 Å². The highest BCUT2D eigenvalue weighted by Crippen LogP contribution is 2.31. The van der Waals surface area contributed by atoms with E-state index in [4.69, 9.17) is 51.1 Å². The number of aliphatic hydroxyl groups excluding tert-OH is 1. The van der Waals surface area contributed by atoms with Crippen molar-refractivity contribution >= 4 is 40.6 Å². The minimum atomic E-state index is -1.76. The number of hydrogen-bond acceptors (Lipinski definition) is 2. The monoisotopic (exact) mass is 204 g/mol. The van der Waals surface area contributed by atoms with Crippen molar-refractivity contribution in [3.63, 3.8) is 0 Å². The van der Waals surface area contributed by atoms with Crippen LogP contribution in [0.15, 0.2) is 0 Å². The molecule has 0 radical (unpaired) electrons. The maximum atomic E-state index is 8.94. The van der Waals surface area contributed by atoms with Crippen LogP contribution >= 0.6 is 34.8 Å². The van der Waals surface area contributed by atoms with Crippen LogP contribution in [0.4, 0.5) is 0 Å². The average molecular weight is 205 g/mol. The summed E-state index contributed by atoms with van der Waals surface area (Å²) in [5.74, 6) is -0.209. The van der Waals surface area contributed by atoms with Crippen LogP contribution in [0.1, 0.15) is 6.42 Å². The van der Waals surface area contributed by atoms with E-state index >= 15 is 0 Å². The molecule has 0 amide bonds. The Balaban J connectivity index is 3.85. The van der Waals surface area contributed by atoms with Crippen molar-refractivity contribution < 1.29 is 5.11 Å². The molecule has 0 aromatic rings. The molecule has 4 N–H and O–H groups in total. The molecule has 0 aromatic heterocycles. The largest absolute Gasteiger partial charge is 0.388 e. The Hall–Kier alpha value is 0.300. The second kappa shape index (κ2) is 3.62. The third kappa shape index (κ3) is 4.17. The summed E-state index contributed by atoms with van der Waals surface area (Å²) < 4.78 is -1.76. The lowest BCUT2D eigenvalue weighted by Gasteiger charge is -2.17. The third-order valence-electron chi connectivity index (χ3n) is 0.791. The van der Waals surface area contributed by atoms with Crippen LogP contribution < -0.4 is 5.73 Å². The van der Waals surface area contributed by atoms with Gasteiger partial charge in [-0.15, -0.1) is 0 Å². The van der Waals surface area contributed by atoms with Crippen molar-refractivity contribution in [1.29, 1.82) is 5.41 Å². The van der Waals surface area contributed by atoms with E-state index in [-0.39, 0.29) is 12.3 Å². The number of alkyl halides is 3. The minimum Gasteiger partial charge on any atom is -0.388 e. The number of nitrogens with one attached hydrogen (secondary N) is 1. The Labute approximate surface area is 73.6 Å². The standard InChI is InChI=1S/C4H7Cl3N2O/c5-4(6,7)2(10)1-3(8)9/h2,10H,1H2,(H3,8,9)/t2-/m0/s1. The summed E-state index contributed by atoms with van der Waals surface area (Å²) >= 11 is 15.8. The zero-order valence-corrected chi connectivity index (χ0v) is 7.21. The quantitative estimate of drug-likeness (QED) is 0.358. The summed E-state index contributed by atoms with van der Waals surface area (Å²) in [6.07, 6.45) is -1.34. The van der Waals surface area contributed by atoms with Gasteiger partial charge >= 0.3 is 0 Å². The van der Waals surface area contributed by atoms with Crippen molar-refractivity contribution in [2.45, 2.75) is 16.3 Å². The Bertz CT molecular complexity index is 133. The van der Waals surface area contributed by atoms with Crippen LogP contribution in [0.2, 0.25) is 0 Å². The predicted octanol–water partition coefficient (Wildman–Crippen LogP) is 1.04. The van der Waals surface area contributed by atoms with Gasteiger partial charge in [0.15, 0.2) is 0 Å². The summed E-state index contributed by atoms with van der Waals surface area (Å²) in [5, 5.41) is 15.7. The Kier molecular flexibility index (Phi) is 3.73. The van der Waals surface area contributed by atoms with Crippen LogP contribution in [-0.2, 0) is 0 Å². The van der Waals surface area contributed by atoms with E-state index < -0.39 is 9.90 Å². The van der Waals surface area contributed by atoms with Gasteiger partial charge in [0.25, 0.3) is 0 Å². The fraction of sp³-hybridized carbons (Fsp3) is 0.750. The molecule has 0 spiro atoms. The fourth-order valence-corrected chi connectivity index (χ4v) is 0.555. The molecule has 0 fully saturated rings. The Morgan fingerprint density at radius 1 is 1.60 bits per heavy atom. The van der Waals surface area contributed by atoms with Gasteiger partial charge in [0, 0.05) is 6.42 Å². The molecule has 0 aromatic carbocycles. The van der Waals surface area contributed by atoms with E-state index in [1.54, 1.807) is 0 Å². The maximum absolute atomic E-state index is 8.94. The van der Waals surface area contributed by atoms with Crippen molar-refractivity contribution in [2.24, 2.45) is 5.73 Å². The number of nitrogens with two attached hydrogens (primary N) is 1. The lowest BCUT2D eigenvalue weighted by molar-refractivity contribution is 0.186. The first-order valence-corrected chi connectivity index (χ1v) is 3.55. The van der Waals surface area contributed by atoms with Gasteiger partial charge in [-0.2, -0.15) is 0 Å². The first-order chi connectivity index (χ1) is 4.34. The van der Waals surface area contributed by atoms with Gasteiger partial charge in [-0.25, -0.2) is 0 Å². The molecule has 0 aliphatic carbocycles. The lowest BCUT2D eigenvalue weighted by atomic mass is 10.3. The van der Waals surface area contributed by atoms with Crippen LogP contribution in [0.5, 0.6) is 0 Å². The Morgan fingerprint density at radius 2 is 2.00 bits per heavy atom. The summed E-state index contributed by atoms with van der Waals surface area (Å²) in [5.41, 5.74) is 4.94. The molecule has 0 bridgehead atoms. The normalized spacial score (nSPS) is 14.8. The molecule has 0 unspecified atom stereocenters. The SMILES string of the molecule is N=C(N)C[C@H](O)C(Cl)(Cl)Cl. The van der Waals surface area contributed by atoms with E-state index in [2.05, 4.69) is 0 Å². The molecule has 0 saturated carbocycles. The minimum absolute atomic E-state index is 0.128. The van der Waals surface area contributed by atoms with E-state index in [0.717, 1.165) is 0 Å². The van der Waals surface area contributed by atoms with Crippen molar-refractivity contribution in [2.75, 3.05) is 0 Å². The molecular formula is C4H7Cl3N2O. The average Bonchev–Trinajstić information content (AvgIpc) is 1.60. The molecule has 3 nitrogen and oxygen atoms in total. The Morgan fingerprint density at radius 3 is 2.10 bits per heavy atom. The predicted molar refractivity (Wildman–Crippen MR) is 42.8 cm³/mol. The molecular weight excluding hydrogens is 198 g/mol. The summed E-state index contributed by atoms with van der Waals surface area (Å²) in [6, 6.07) is 0. The highest BCUT2D eigenvalue weighted by atomic mass is 35.6. The van der Waals surface area contributed by atoms with Crippen molar-refractivity contribution in [3.8, 4) is 0 Å². The molecule has 6 heteroatoms. The summed E-state index contributed by atoms with van der Waals surface area (Å²) in [4.78, 5) is 0. The van der Waals surface area contributed by atoms with Gasteiger partial charge in [-0.1, -0.05) is 34.8 Å². The number of hydrogen-bond donors (Lipinski definition) is 3. The van der Waals surface area contributed by atoms with Gasteiger partial charge in [0.05, 0.1) is 5.84 Å². The maximum Gasteiger partial charge on any atom is 0.216 e. The number of aliphatic hydroxyl groups is 1. The van der Waals surface area contributed by atoms with Crippen molar-refractivity contribution in [1.82, 2.24) is 0 Å². The lowest BCUT2D eigenvalue weighted by Crippen LogP contribution is -2.30. The molecule has 10 heavy (non-hydrogen) atoms. The smallest absolute Gasteiger partial charge is 0.216 e. The fourth-order valence-electron chi connectivity index (χ4n) is 0.324. The highest BCUT2D eigenvalue weighted by Gasteiger charge is 2.30. The number of amidine groups is 1. The number of rotatable bonds is 2. The van der Waals surface area contributed by atoms with Crippen LogP contribution in [0.3, 0.4) is 0 Å². The molecule has 0 aliphatic heterocycles. The van der Waals surface area contributed by atoms with Crippen LogP contribution in [0.25, 0.3) is 0 Å². The molecule has 0 heterocycles. The van der Waals surface area contributed by atoms with Gasteiger partial charge in [0.2, 0.25) is 3.79 Å². The molecule has 1 atom stereocenters. The summed E-state index contributed by atoms with van der Waals surface area (Å²) in [7, 11) is 0.